The Morgan fingerprint density at radius 1 is 1.48 bits per heavy atom. The number of aliphatic hydroxyl groups is 1. The molecule has 3 rings (SSSR count). The van der Waals surface area contributed by atoms with Gasteiger partial charge in [0.15, 0.2) is 15.6 Å². The van der Waals surface area contributed by atoms with E-state index in [0.717, 1.165) is 26.3 Å². The van der Waals surface area contributed by atoms with Crippen LogP contribution in [0, 0.1) is 11.6 Å². The van der Waals surface area contributed by atoms with Gasteiger partial charge in [-0.2, -0.15) is 0 Å². The average molecular weight is 448 g/mol. The maximum Gasteiger partial charge on any atom is 0.162 e. The molecular weight excluding hydrogens is 432 g/mol. The highest BCUT2D eigenvalue weighted by Crippen LogP contribution is 2.35. The van der Waals surface area contributed by atoms with Crippen molar-refractivity contribution in [2.45, 2.75) is 25.3 Å². The van der Waals surface area contributed by atoms with Crippen molar-refractivity contribution in [3.05, 3.63) is 56.1 Å². The van der Waals surface area contributed by atoms with Crippen LogP contribution in [0.1, 0.15) is 23.1 Å². The summed E-state index contributed by atoms with van der Waals surface area (Å²) in [5.41, 5.74) is 1.98. The lowest BCUT2D eigenvalue weighted by molar-refractivity contribution is 0.262. The van der Waals surface area contributed by atoms with Crippen molar-refractivity contribution in [2.75, 3.05) is 6.61 Å². The van der Waals surface area contributed by atoms with Crippen LogP contribution >= 0.6 is 39.2 Å². The van der Waals surface area contributed by atoms with E-state index >= 15 is 0 Å². The molecule has 0 fully saturated rings. The van der Waals surface area contributed by atoms with E-state index in [0.29, 0.717) is 17.9 Å². The summed E-state index contributed by atoms with van der Waals surface area (Å²) in [4.78, 5) is 5.54. The molecule has 1 aliphatic heterocycles. The highest BCUT2D eigenvalue weighted by atomic mass is 79.9. The molecule has 1 unspecified atom stereocenters. The summed E-state index contributed by atoms with van der Waals surface area (Å²) >= 11 is 6.33. The quantitative estimate of drug-likeness (QED) is 0.652. The number of thiazole rings is 1. The van der Waals surface area contributed by atoms with Crippen LogP contribution in [0.4, 0.5) is 8.78 Å². The lowest BCUT2D eigenvalue weighted by Crippen LogP contribution is -2.31. The zero-order valence-corrected chi connectivity index (χ0v) is 16.5. The Balaban J connectivity index is 1.77. The molecule has 0 saturated heterocycles. The molecule has 9 heteroatoms. The van der Waals surface area contributed by atoms with Crippen molar-refractivity contribution < 1.29 is 13.9 Å². The molecule has 1 aromatic heterocycles. The van der Waals surface area contributed by atoms with E-state index in [4.69, 9.17) is 0 Å². The topological polar surface area (TPSA) is 48.4 Å². The van der Waals surface area contributed by atoms with Gasteiger partial charge in [-0.05, 0) is 40.9 Å². The first-order chi connectivity index (χ1) is 12.0. The lowest BCUT2D eigenvalue weighted by atomic mass is 10.2. The molecule has 134 valence electrons. The van der Waals surface area contributed by atoms with Crippen LogP contribution < -0.4 is 5.32 Å². The van der Waals surface area contributed by atoms with Gasteiger partial charge in [0, 0.05) is 23.6 Å². The van der Waals surface area contributed by atoms with Crippen LogP contribution in [0.15, 0.2) is 28.3 Å². The summed E-state index contributed by atoms with van der Waals surface area (Å²) in [5, 5.41) is 12.5. The number of hydrogen-bond acceptors (Lipinski definition) is 6. The van der Waals surface area contributed by atoms with Crippen molar-refractivity contribution in [1.29, 1.82) is 0 Å². The predicted molar refractivity (Wildman–Crippen MR) is 101 cm³/mol. The Hall–Kier alpha value is -1.16. The van der Waals surface area contributed by atoms with Crippen molar-refractivity contribution in [3.63, 3.8) is 0 Å². The minimum atomic E-state index is -0.833. The van der Waals surface area contributed by atoms with E-state index in [-0.39, 0.29) is 12.6 Å². The molecule has 2 N–H and O–H groups in total. The van der Waals surface area contributed by atoms with Gasteiger partial charge >= 0.3 is 0 Å². The van der Waals surface area contributed by atoms with Gasteiger partial charge in [-0.25, -0.2) is 13.8 Å². The third-order valence-corrected chi connectivity index (χ3v) is 6.09. The molecule has 2 aromatic rings. The number of halogens is 3. The van der Waals surface area contributed by atoms with Crippen LogP contribution in [0.5, 0.6) is 0 Å². The zero-order chi connectivity index (χ0) is 18.0. The fraction of sp³-hybridized carbons (Fsp3) is 0.312. The molecule has 2 heterocycles. The summed E-state index contributed by atoms with van der Waals surface area (Å²) in [7, 11) is 0. The Morgan fingerprint density at radius 2 is 2.28 bits per heavy atom. The highest BCUT2D eigenvalue weighted by Gasteiger charge is 2.23. The fourth-order valence-electron chi connectivity index (χ4n) is 2.35. The molecule has 1 atom stereocenters. The van der Waals surface area contributed by atoms with Crippen molar-refractivity contribution in [3.8, 4) is 0 Å². The summed E-state index contributed by atoms with van der Waals surface area (Å²) in [6.07, 6.45) is 1.89. The van der Waals surface area contributed by atoms with E-state index in [2.05, 4.69) is 26.2 Å². The lowest BCUT2D eigenvalue weighted by Gasteiger charge is -2.26. The van der Waals surface area contributed by atoms with Gasteiger partial charge in [-0.1, -0.05) is 12.1 Å². The van der Waals surface area contributed by atoms with Crippen molar-refractivity contribution in [2.24, 2.45) is 0 Å². The minimum absolute atomic E-state index is 0.000371. The van der Waals surface area contributed by atoms with E-state index in [9.17, 15) is 13.9 Å². The van der Waals surface area contributed by atoms with Gasteiger partial charge in [-0.3, -0.25) is 0 Å². The number of hydrogen-bond donors (Lipinski definition) is 2. The van der Waals surface area contributed by atoms with E-state index in [1.807, 2.05) is 17.4 Å². The molecule has 1 aromatic carbocycles. The van der Waals surface area contributed by atoms with Crippen LogP contribution in [0.2, 0.25) is 0 Å². The Labute approximate surface area is 161 Å². The first kappa shape index (κ1) is 18.6. The maximum absolute atomic E-state index is 13.8. The van der Waals surface area contributed by atoms with Gasteiger partial charge in [0.05, 0.1) is 23.7 Å². The van der Waals surface area contributed by atoms with Gasteiger partial charge in [0.25, 0.3) is 0 Å². The molecular formula is C16H16BrF2N3OS2. The number of nitrogens with one attached hydrogen (secondary N) is 1. The summed E-state index contributed by atoms with van der Waals surface area (Å²) in [6.45, 7) is 2.49. The van der Waals surface area contributed by atoms with Crippen molar-refractivity contribution in [1.82, 2.24) is 14.6 Å². The molecule has 0 bridgehead atoms. The fourth-order valence-corrected chi connectivity index (χ4v) is 4.91. The predicted octanol–water partition coefficient (Wildman–Crippen LogP) is 4.12. The zero-order valence-electron chi connectivity index (χ0n) is 13.3. The van der Waals surface area contributed by atoms with Crippen LogP contribution in [0.25, 0.3) is 5.70 Å². The molecule has 1 aliphatic rings. The molecule has 0 saturated carbocycles. The number of aliphatic hydroxyl groups excluding tert-OH is 1. The van der Waals surface area contributed by atoms with E-state index < -0.39 is 11.6 Å². The first-order valence-electron chi connectivity index (χ1n) is 7.55. The van der Waals surface area contributed by atoms with Gasteiger partial charge in [0.2, 0.25) is 0 Å². The van der Waals surface area contributed by atoms with E-state index in [1.165, 1.54) is 29.4 Å². The average Bonchev–Trinajstić information content (AvgIpc) is 2.96. The normalized spacial score (nSPS) is 14.9. The smallest absolute Gasteiger partial charge is 0.162 e. The maximum atomic E-state index is 13.8. The largest absolute Gasteiger partial charge is 0.394 e. The Kier molecular flexibility index (Phi) is 5.98. The second kappa shape index (κ2) is 8.03. The summed E-state index contributed by atoms with van der Waals surface area (Å²) in [6, 6.07) is 4.09. The van der Waals surface area contributed by atoms with Crippen LogP contribution in [-0.2, 0) is 12.3 Å². The third kappa shape index (κ3) is 4.33. The number of fused-ring (bicyclic) bond motifs is 1. The SMILES string of the molecule is CC(CO)NC1=CN(SCc2cccc(F)c2F)Cc2sc(Br)nc21. The molecule has 0 aliphatic carbocycles. The summed E-state index contributed by atoms with van der Waals surface area (Å²) in [5.74, 6) is -1.32. The molecule has 4 nitrogen and oxygen atoms in total. The molecule has 25 heavy (non-hydrogen) atoms. The monoisotopic (exact) mass is 447 g/mol. The number of nitrogens with zero attached hydrogens (tertiary/aromatic N) is 2. The van der Waals surface area contributed by atoms with Crippen molar-refractivity contribution >= 4 is 44.9 Å². The minimum Gasteiger partial charge on any atom is -0.394 e. The third-order valence-electron chi connectivity index (χ3n) is 3.59. The van der Waals surface area contributed by atoms with Crippen LogP contribution in [0.3, 0.4) is 0 Å². The molecule has 0 radical (unpaired) electrons. The Morgan fingerprint density at radius 3 is 3.04 bits per heavy atom. The second-order valence-corrected chi connectivity index (χ2v) is 8.95. The highest BCUT2D eigenvalue weighted by molar-refractivity contribution is 9.11. The standard InChI is InChI=1S/C16H16BrF2N3OS2/c1-9(7-23)20-12-5-22(6-13-15(12)21-16(17)25-13)24-8-10-3-2-4-11(18)14(10)19/h2-5,9,20,23H,6-8H2,1H3. The molecule has 0 amide bonds. The first-order valence-corrected chi connectivity index (χ1v) is 10.1. The number of rotatable bonds is 6. The van der Waals surface area contributed by atoms with E-state index in [1.54, 1.807) is 6.07 Å². The number of benzene rings is 1. The van der Waals surface area contributed by atoms with Gasteiger partial charge < -0.3 is 14.7 Å². The van der Waals surface area contributed by atoms with Gasteiger partial charge in [-0.15, -0.1) is 11.3 Å². The second-order valence-electron chi connectivity index (χ2n) is 5.57. The molecule has 0 spiro atoms. The van der Waals surface area contributed by atoms with Gasteiger partial charge in [0.1, 0.15) is 5.69 Å². The van der Waals surface area contributed by atoms with Crippen LogP contribution in [-0.4, -0.2) is 27.0 Å². The Bertz CT molecular complexity index is 800. The number of aromatic nitrogens is 1. The summed E-state index contributed by atoms with van der Waals surface area (Å²) < 4.78 is 29.9.